The Hall–Kier alpha value is -0.650. The molecule has 5 heteroatoms. The summed E-state index contributed by atoms with van der Waals surface area (Å²) in [6.45, 7) is 1.57. The molecule has 2 rings (SSSR count). The Balaban J connectivity index is 1.83. The summed E-state index contributed by atoms with van der Waals surface area (Å²) in [6.07, 6.45) is 4.82. The number of benzene rings is 1. The van der Waals surface area contributed by atoms with Crippen LogP contribution < -0.4 is 10.5 Å². The highest BCUT2D eigenvalue weighted by Crippen LogP contribution is 2.24. The summed E-state index contributed by atoms with van der Waals surface area (Å²) in [5.74, 6) is 0.753. The third-order valence-corrected chi connectivity index (χ3v) is 3.87. The third-order valence-electron chi connectivity index (χ3n) is 3.16. The molecular weight excluding hydrogens is 326 g/mol. The van der Waals surface area contributed by atoms with E-state index in [2.05, 4.69) is 15.9 Å². The van der Waals surface area contributed by atoms with Crippen LogP contribution in [0.1, 0.15) is 31.2 Å². The van der Waals surface area contributed by atoms with Gasteiger partial charge in [-0.3, -0.25) is 0 Å². The molecule has 2 N–H and O–H groups in total. The topological polar surface area (TPSA) is 44.5 Å². The van der Waals surface area contributed by atoms with Gasteiger partial charge < -0.3 is 15.2 Å². The summed E-state index contributed by atoms with van der Waals surface area (Å²) < 4.78 is 12.3. The largest absolute Gasteiger partial charge is 0.493 e. The van der Waals surface area contributed by atoms with E-state index in [0.29, 0.717) is 17.7 Å². The van der Waals surface area contributed by atoms with Crippen molar-refractivity contribution in [2.75, 3.05) is 13.2 Å². The van der Waals surface area contributed by atoms with Gasteiger partial charge in [-0.25, -0.2) is 0 Å². The maximum absolute atomic E-state index is 5.77. The molecule has 1 aromatic rings. The molecule has 1 fully saturated rings. The van der Waals surface area contributed by atoms with Crippen LogP contribution in [0.4, 0.5) is 0 Å². The second-order valence-electron chi connectivity index (χ2n) is 4.63. The lowest BCUT2D eigenvalue weighted by atomic mass is 10.1. The van der Waals surface area contributed by atoms with Crippen molar-refractivity contribution >= 4 is 33.1 Å². The van der Waals surface area contributed by atoms with Crippen LogP contribution >= 0.6 is 28.1 Å². The molecule has 0 saturated carbocycles. The highest BCUT2D eigenvalue weighted by Gasteiger charge is 2.15. The van der Waals surface area contributed by atoms with Crippen molar-refractivity contribution in [2.45, 2.75) is 31.8 Å². The van der Waals surface area contributed by atoms with Crippen molar-refractivity contribution in [1.82, 2.24) is 0 Å². The predicted molar refractivity (Wildman–Crippen MR) is 83.7 cm³/mol. The van der Waals surface area contributed by atoms with Gasteiger partial charge in [0.1, 0.15) is 10.7 Å². The van der Waals surface area contributed by atoms with Crippen LogP contribution in [0, 0.1) is 0 Å². The standard InChI is InChI=1S/C14H18BrNO2S/c15-10-5-6-13(12(9-10)14(16)19)18-8-2-4-11-3-1-7-17-11/h5-6,9,11H,1-4,7-8H2,(H2,16,19). The lowest BCUT2D eigenvalue weighted by Gasteiger charge is -2.12. The fourth-order valence-electron chi connectivity index (χ4n) is 2.19. The van der Waals surface area contributed by atoms with Crippen LogP contribution in [0.15, 0.2) is 22.7 Å². The van der Waals surface area contributed by atoms with Crippen LogP contribution in [0.25, 0.3) is 0 Å². The zero-order chi connectivity index (χ0) is 13.7. The van der Waals surface area contributed by atoms with Crippen LogP contribution in [-0.2, 0) is 4.74 Å². The van der Waals surface area contributed by atoms with Crippen molar-refractivity contribution < 1.29 is 9.47 Å². The number of ether oxygens (including phenoxy) is 2. The van der Waals surface area contributed by atoms with E-state index in [1.165, 1.54) is 12.8 Å². The molecule has 0 spiro atoms. The van der Waals surface area contributed by atoms with E-state index < -0.39 is 0 Å². The molecule has 19 heavy (non-hydrogen) atoms. The van der Waals surface area contributed by atoms with Gasteiger partial charge in [0.15, 0.2) is 0 Å². The minimum Gasteiger partial charge on any atom is -0.493 e. The average molecular weight is 344 g/mol. The first kappa shape index (κ1) is 14.8. The first-order chi connectivity index (χ1) is 9.16. The van der Waals surface area contributed by atoms with Crippen molar-refractivity contribution in [3.63, 3.8) is 0 Å². The van der Waals surface area contributed by atoms with E-state index in [9.17, 15) is 0 Å². The van der Waals surface area contributed by atoms with E-state index in [1.54, 1.807) is 0 Å². The summed E-state index contributed by atoms with van der Waals surface area (Å²) in [5, 5.41) is 0. The molecule has 1 atom stereocenters. The van der Waals surface area contributed by atoms with Crippen molar-refractivity contribution in [3.05, 3.63) is 28.2 Å². The average Bonchev–Trinajstić information content (AvgIpc) is 2.89. The lowest BCUT2D eigenvalue weighted by Crippen LogP contribution is -2.13. The summed E-state index contributed by atoms with van der Waals surface area (Å²) in [4.78, 5) is 0.357. The molecule has 0 radical (unpaired) electrons. The normalized spacial score (nSPS) is 18.5. The van der Waals surface area contributed by atoms with Gasteiger partial charge in [-0.2, -0.15) is 0 Å². The Kier molecular flexibility index (Phi) is 5.60. The summed E-state index contributed by atoms with van der Waals surface area (Å²) in [5.41, 5.74) is 6.48. The van der Waals surface area contributed by atoms with Crippen LogP contribution in [0.5, 0.6) is 5.75 Å². The quantitative estimate of drug-likeness (QED) is 0.634. The Morgan fingerprint density at radius 1 is 1.53 bits per heavy atom. The number of rotatable bonds is 6. The van der Waals surface area contributed by atoms with Gasteiger partial charge in [0.2, 0.25) is 0 Å². The van der Waals surface area contributed by atoms with Crippen LogP contribution in [-0.4, -0.2) is 24.3 Å². The van der Waals surface area contributed by atoms with Gasteiger partial charge in [-0.1, -0.05) is 28.1 Å². The molecule has 0 aromatic heterocycles. The fourth-order valence-corrected chi connectivity index (χ4v) is 2.71. The monoisotopic (exact) mass is 343 g/mol. The van der Waals surface area contributed by atoms with E-state index in [4.69, 9.17) is 27.4 Å². The Morgan fingerprint density at radius 2 is 2.37 bits per heavy atom. The van der Waals surface area contributed by atoms with E-state index in [1.807, 2.05) is 18.2 Å². The van der Waals surface area contributed by atoms with E-state index in [-0.39, 0.29) is 0 Å². The van der Waals surface area contributed by atoms with Gasteiger partial charge in [0, 0.05) is 11.1 Å². The molecule has 0 aliphatic carbocycles. The SMILES string of the molecule is NC(=S)c1cc(Br)ccc1OCCCC1CCCO1. The third kappa shape index (κ3) is 4.44. The first-order valence-electron chi connectivity index (χ1n) is 6.50. The van der Waals surface area contributed by atoms with Crippen molar-refractivity contribution in [3.8, 4) is 5.75 Å². The van der Waals surface area contributed by atoms with Gasteiger partial charge in [-0.15, -0.1) is 0 Å². The number of halogens is 1. The van der Waals surface area contributed by atoms with Crippen molar-refractivity contribution in [1.29, 1.82) is 0 Å². The number of nitrogens with two attached hydrogens (primary N) is 1. The minimum atomic E-state index is 0.357. The van der Waals surface area contributed by atoms with Gasteiger partial charge in [0.25, 0.3) is 0 Å². The summed E-state index contributed by atoms with van der Waals surface area (Å²) >= 11 is 8.44. The molecule has 1 heterocycles. The zero-order valence-electron chi connectivity index (χ0n) is 10.7. The smallest absolute Gasteiger partial charge is 0.129 e. The molecule has 1 aliphatic heterocycles. The summed E-state index contributed by atoms with van der Waals surface area (Å²) in [6, 6.07) is 5.71. The molecule has 1 unspecified atom stereocenters. The molecule has 1 aliphatic rings. The maximum Gasteiger partial charge on any atom is 0.129 e. The Bertz CT molecular complexity index is 447. The second kappa shape index (κ2) is 7.22. The first-order valence-corrected chi connectivity index (χ1v) is 7.70. The molecule has 0 amide bonds. The van der Waals surface area contributed by atoms with Gasteiger partial charge in [-0.05, 0) is 43.9 Å². The number of hydrogen-bond donors (Lipinski definition) is 1. The highest BCUT2D eigenvalue weighted by molar-refractivity contribution is 9.10. The van der Waals surface area contributed by atoms with Crippen LogP contribution in [0.2, 0.25) is 0 Å². The van der Waals surface area contributed by atoms with Gasteiger partial charge >= 0.3 is 0 Å². The molecule has 1 aromatic carbocycles. The zero-order valence-corrected chi connectivity index (χ0v) is 13.1. The van der Waals surface area contributed by atoms with Crippen molar-refractivity contribution in [2.24, 2.45) is 5.73 Å². The predicted octanol–water partition coefficient (Wildman–Crippen LogP) is 3.42. The number of thiocarbonyl (C=S) groups is 1. The molecule has 0 bridgehead atoms. The van der Waals surface area contributed by atoms with E-state index >= 15 is 0 Å². The minimum absolute atomic E-state index is 0.357. The number of hydrogen-bond acceptors (Lipinski definition) is 3. The van der Waals surface area contributed by atoms with E-state index in [0.717, 1.165) is 35.2 Å². The fraction of sp³-hybridized carbons (Fsp3) is 0.500. The maximum atomic E-state index is 5.77. The molecule has 3 nitrogen and oxygen atoms in total. The van der Waals surface area contributed by atoms with Crippen LogP contribution in [0.3, 0.4) is 0 Å². The molecule has 1 saturated heterocycles. The Labute approximate surface area is 127 Å². The molecular formula is C14H18BrNO2S. The Morgan fingerprint density at radius 3 is 3.05 bits per heavy atom. The molecule has 104 valence electrons. The second-order valence-corrected chi connectivity index (χ2v) is 5.99. The van der Waals surface area contributed by atoms with Gasteiger partial charge in [0.05, 0.1) is 18.3 Å². The lowest BCUT2D eigenvalue weighted by molar-refractivity contribution is 0.0981. The summed E-state index contributed by atoms with van der Waals surface area (Å²) in [7, 11) is 0. The highest BCUT2D eigenvalue weighted by atomic mass is 79.9.